The van der Waals surface area contributed by atoms with E-state index < -0.39 is 0 Å². The Balaban J connectivity index is 1.62. The van der Waals surface area contributed by atoms with E-state index in [2.05, 4.69) is 53.0 Å². The molecule has 1 saturated carbocycles. The summed E-state index contributed by atoms with van der Waals surface area (Å²) in [5, 5.41) is 4.53. The van der Waals surface area contributed by atoms with Crippen LogP contribution in [0.15, 0.2) is 24.4 Å². The van der Waals surface area contributed by atoms with Crippen molar-refractivity contribution in [3.05, 3.63) is 35.5 Å². The van der Waals surface area contributed by atoms with Crippen LogP contribution in [0.4, 0.5) is 0 Å². The maximum atomic E-state index is 13.2. The molecule has 30 heavy (non-hydrogen) atoms. The number of methoxy groups -OCH3 is 1. The number of nitrogens with zero attached hydrogens (tertiary/aromatic N) is 2. The van der Waals surface area contributed by atoms with Gasteiger partial charge in [-0.05, 0) is 42.4 Å². The molecule has 6 nitrogen and oxygen atoms in total. The minimum absolute atomic E-state index is 0.129. The second kappa shape index (κ2) is 9.50. The van der Waals surface area contributed by atoms with Crippen molar-refractivity contribution in [3.8, 4) is 0 Å². The van der Waals surface area contributed by atoms with Crippen LogP contribution in [-0.4, -0.2) is 60.9 Å². The van der Waals surface area contributed by atoms with E-state index in [1.54, 1.807) is 7.11 Å². The fourth-order valence-electron chi connectivity index (χ4n) is 4.30. The molecule has 6 heteroatoms. The first kappa shape index (κ1) is 21.3. The van der Waals surface area contributed by atoms with E-state index in [1.807, 2.05) is 0 Å². The molecule has 4 rings (SSSR count). The third kappa shape index (κ3) is 4.71. The van der Waals surface area contributed by atoms with Gasteiger partial charge in [-0.15, -0.1) is 0 Å². The highest BCUT2D eigenvalue weighted by Crippen LogP contribution is 2.32. The second-order valence-corrected chi connectivity index (χ2v) is 8.89. The summed E-state index contributed by atoms with van der Waals surface area (Å²) >= 11 is 0. The number of nitrogens with one attached hydrogen (secondary N) is 1. The molecule has 2 heterocycles. The number of amides is 1. The van der Waals surface area contributed by atoms with E-state index in [0.717, 1.165) is 39.0 Å². The minimum atomic E-state index is -0.359. The Morgan fingerprint density at radius 2 is 2.20 bits per heavy atom. The van der Waals surface area contributed by atoms with Gasteiger partial charge in [0, 0.05) is 63.0 Å². The zero-order valence-electron chi connectivity index (χ0n) is 18.5. The van der Waals surface area contributed by atoms with Crippen LogP contribution >= 0.6 is 0 Å². The summed E-state index contributed by atoms with van der Waals surface area (Å²) in [6, 6.07) is 7.13. The van der Waals surface area contributed by atoms with E-state index in [0.29, 0.717) is 31.7 Å². The van der Waals surface area contributed by atoms with Crippen LogP contribution in [0.3, 0.4) is 0 Å². The molecule has 0 bridgehead atoms. The second-order valence-electron chi connectivity index (χ2n) is 8.89. The van der Waals surface area contributed by atoms with Crippen LogP contribution in [-0.2, 0) is 27.4 Å². The van der Waals surface area contributed by atoms with Crippen molar-refractivity contribution in [2.24, 2.45) is 0 Å². The molecule has 1 aromatic carbocycles. The maximum absolute atomic E-state index is 13.2. The third-order valence-corrected chi connectivity index (χ3v) is 6.22. The molecule has 1 aromatic heterocycles. The Morgan fingerprint density at radius 1 is 1.37 bits per heavy atom. The average Bonchev–Trinajstić information content (AvgIpc) is 3.55. The van der Waals surface area contributed by atoms with Gasteiger partial charge in [0.1, 0.15) is 6.10 Å². The molecule has 1 saturated heterocycles. The molecule has 1 aliphatic carbocycles. The van der Waals surface area contributed by atoms with Gasteiger partial charge in [0.25, 0.3) is 5.91 Å². The van der Waals surface area contributed by atoms with Crippen molar-refractivity contribution in [1.29, 1.82) is 0 Å². The quantitative estimate of drug-likeness (QED) is 0.641. The van der Waals surface area contributed by atoms with Crippen molar-refractivity contribution in [2.75, 3.05) is 33.4 Å². The Morgan fingerprint density at radius 3 is 2.87 bits per heavy atom. The Bertz CT molecular complexity index is 866. The van der Waals surface area contributed by atoms with Gasteiger partial charge in [-0.1, -0.05) is 26.0 Å². The van der Waals surface area contributed by atoms with E-state index >= 15 is 0 Å². The van der Waals surface area contributed by atoms with Gasteiger partial charge in [0.2, 0.25) is 0 Å². The van der Waals surface area contributed by atoms with Crippen molar-refractivity contribution in [1.82, 2.24) is 14.8 Å². The molecule has 2 aromatic rings. The molecule has 1 N–H and O–H groups in total. The number of fused-ring (bicyclic) bond motifs is 1. The smallest absolute Gasteiger partial charge is 0.253 e. The molecular weight excluding hydrogens is 378 g/mol. The lowest BCUT2D eigenvalue weighted by molar-refractivity contribution is -0.146. The molecule has 2 fully saturated rings. The van der Waals surface area contributed by atoms with E-state index in [4.69, 9.17) is 9.47 Å². The highest BCUT2D eigenvalue weighted by Gasteiger charge is 2.37. The lowest BCUT2D eigenvalue weighted by atomic mass is 10.0. The standard InChI is InChI=1S/C24H35N3O3/c1-17(2)18-5-8-21-19(15-26(22(21)13-18)10-4-11-29-3)16-27(20-6-7-20)24(28)23-14-25-9-12-30-23/h5,8,13,15,17,20,23,25H,4,6-7,9-12,14,16H2,1-3H3/t23-/m1/s1. The molecule has 164 valence electrons. The molecule has 0 spiro atoms. The van der Waals surface area contributed by atoms with Gasteiger partial charge < -0.3 is 24.3 Å². The number of carbonyl (C=O) groups is 1. The number of hydrogen-bond donors (Lipinski definition) is 1. The summed E-state index contributed by atoms with van der Waals surface area (Å²) in [4.78, 5) is 15.3. The van der Waals surface area contributed by atoms with Gasteiger partial charge in [-0.2, -0.15) is 0 Å². The first-order valence-electron chi connectivity index (χ1n) is 11.3. The summed E-state index contributed by atoms with van der Waals surface area (Å²) in [5.74, 6) is 0.615. The number of benzene rings is 1. The van der Waals surface area contributed by atoms with Crippen LogP contribution in [0.5, 0.6) is 0 Å². The number of ether oxygens (including phenoxy) is 2. The lowest BCUT2D eigenvalue weighted by Crippen LogP contribution is -2.49. The average molecular weight is 414 g/mol. The highest BCUT2D eigenvalue weighted by molar-refractivity contribution is 5.86. The molecule has 1 aliphatic heterocycles. The fourth-order valence-corrected chi connectivity index (χ4v) is 4.30. The third-order valence-electron chi connectivity index (χ3n) is 6.22. The Kier molecular flexibility index (Phi) is 6.76. The van der Waals surface area contributed by atoms with Crippen molar-refractivity contribution >= 4 is 16.8 Å². The van der Waals surface area contributed by atoms with Gasteiger partial charge >= 0.3 is 0 Å². The SMILES string of the molecule is COCCCn1cc(CN(C(=O)[C@H]2CNCCO2)C2CC2)c2ccc(C(C)C)cc21. The highest BCUT2D eigenvalue weighted by atomic mass is 16.5. The number of hydrogen-bond acceptors (Lipinski definition) is 4. The largest absolute Gasteiger partial charge is 0.385 e. The summed E-state index contributed by atoms with van der Waals surface area (Å²) in [6.45, 7) is 8.80. The first-order valence-corrected chi connectivity index (χ1v) is 11.3. The fraction of sp³-hybridized carbons (Fsp3) is 0.625. The summed E-state index contributed by atoms with van der Waals surface area (Å²) in [5.41, 5.74) is 3.82. The number of rotatable bonds is 9. The first-order chi connectivity index (χ1) is 14.6. The monoisotopic (exact) mass is 413 g/mol. The minimum Gasteiger partial charge on any atom is -0.385 e. The normalized spacial score (nSPS) is 19.5. The number of carbonyl (C=O) groups excluding carboxylic acids is 1. The van der Waals surface area contributed by atoms with Gasteiger partial charge in [-0.25, -0.2) is 0 Å². The van der Waals surface area contributed by atoms with E-state index in [9.17, 15) is 4.79 Å². The maximum Gasteiger partial charge on any atom is 0.253 e. The Labute approximate surface area is 179 Å². The van der Waals surface area contributed by atoms with Crippen molar-refractivity contribution in [3.63, 3.8) is 0 Å². The molecular formula is C24H35N3O3. The van der Waals surface area contributed by atoms with Gasteiger partial charge in [0.05, 0.1) is 6.61 Å². The van der Waals surface area contributed by atoms with E-state index in [-0.39, 0.29) is 12.0 Å². The van der Waals surface area contributed by atoms with Gasteiger partial charge in [0.15, 0.2) is 0 Å². The van der Waals surface area contributed by atoms with E-state index in [1.165, 1.54) is 22.0 Å². The van der Waals surface area contributed by atoms with Gasteiger partial charge in [-0.3, -0.25) is 4.79 Å². The zero-order valence-corrected chi connectivity index (χ0v) is 18.5. The molecule has 2 aliphatic rings. The van der Waals surface area contributed by atoms with Crippen molar-refractivity contribution in [2.45, 2.75) is 64.3 Å². The number of aromatic nitrogens is 1. The zero-order chi connectivity index (χ0) is 21.1. The molecule has 1 atom stereocenters. The van der Waals surface area contributed by atoms with Crippen LogP contribution < -0.4 is 5.32 Å². The van der Waals surface area contributed by atoms with Crippen LogP contribution in [0, 0.1) is 0 Å². The predicted molar refractivity (Wildman–Crippen MR) is 119 cm³/mol. The molecule has 0 radical (unpaired) electrons. The summed E-state index contributed by atoms with van der Waals surface area (Å²) < 4.78 is 13.4. The topological polar surface area (TPSA) is 55.7 Å². The molecule has 1 amide bonds. The lowest BCUT2D eigenvalue weighted by Gasteiger charge is -2.30. The number of aryl methyl sites for hydroxylation is 1. The Hall–Kier alpha value is -1.89. The van der Waals surface area contributed by atoms with Crippen LogP contribution in [0.1, 0.15) is 50.2 Å². The predicted octanol–water partition coefficient (Wildman–Crippen LogP) is 3.28. The molecule has 0 unspecified atom stereocenters. The summed E-state index contributed by atoms with van der Waals surface area (Å²) in [7, 11) is 1.75. The number of morpholine rings is 1. The summed E-state index contributed by atoms with van der Waals surface area (Å²) in [6.07, 6.45) is 5.04. The van der Waals surface area contributed by atoms with Crippen molar-refractivity contribution < 1.29 is 14.3 Å². The van der Waals surface area contributed by atoms with Crippen LogP contribution in [0.2, 0.25) is 0 Å². The van der Waals surface area contributed by atoms with Crippen LogP contribution in [0.25, 0.3) is 10.9 Å².